The Morgan fingerprint density at radius 2 is 1.77 bits per heavy atom. The van der Waals surface area contributed by atoms with Crippen LogP contribution in [0.5, 0.6) is 0 Å². The first-order valence-corrected chi connectivity index (χ1v) is 8.36. The van der Waals surface area contributed by atoms with Gasteiger partial charge in [-0.25, -0.2) is 4.79 Å². The van der Waals surface area contributed by atoms with Gasteiger partial charge in [0.25, 0.3) is 5.91 Å². The zero-order valence-corrected chi connectivity index (χ0v) is 15.5. The van der Waals surface area contributed by atoms with E-state index in [1.54, 1.807) is 24.3 Å². The minimum absolute atomic E-state index is 0.209. The third kappa shape index (κ3) is 5.47. The summed E-state index contributed by atoms with van der Waals surface area (Å²) in [5, 5.41) is 5.84. The summed E-state index contributed by atoms with van der Waals surface area (Å²) < 4.78 is 5.16. The minimum Gasteiger partial charge on any atom is -0.449 e. The summed E-state index contributed by atoms with van der Waals surface area (Å²) >= 11 is 11.8. The molecule has 2 N–H and O–H groups in total. The Labute approximate surface area is 160 Å². The lowest BCUT2D eigenvalue weighted by molar-refractivity contribution is -0.123. The molecule has 2 aromatic rings. The molecule has 1 atom stereocenters. The van der Waals surface area contributed by atoms with E-state index in [4.69, 9.17) is 27.9 Å². The normalized spacial score (nSPS) is 11.4. The summed E-state index contributed by atoms with van der Waals surface area (Å²) in [6.07, 6.45) is -1.06. The van der Waals surface area contributed by atoms with E-state index in [0.717, 1.165) is 0 Å². The number of rotatable bonds is 5. The molecule has 8 heteroatoms. The molecule has 0 aliphatic rings. The molecule has 0 spiro atoms. The fourth-order valence-electron chi connectivity index (χ4n) is 2.03. The maximum Gasteiger partial charge on any atom is 0.338 e. The number of amides is 2. The molecule has 0 fully saturated rings. The minimum atomic E-state index is -1.06. The van der Waals surface area contributed by atoms with Gasteiger partial charge in [-0.1, -0.05) is 29.3 Å². The molecular formula is C18H16Cl2N2O4. The summed E-state index contributed by atoms with van der Waals surface area (Å²) in [5.74, 6) is -1.49. The molecule has 0 saturated heterocycles. The van der Waals surface area contributed by atoms with Crippen molar-refractivity contribution in [2.45, 2.75) is 20.0 Å². The highest BCUT2D eigenvalue weighted by atomic mass is 35.5. The van der Waals surface area contributed by atoms with Gasteiger partial charge in [0.15, 0.2) is 6.10 Å². The van der Waals surface area contributed by atoms with Crippen molar-refractivity contribution in [1.82, 2.24) is 0 Å². The van der Waals surface area contributed by atoms with E-state index in [9.17, 15) is 14.4 Å². The Morgan fingerprint density at radius 3 is 2.42 bits per heavy atom. The van der Waals surface area contributed by atoms with Crippen LogP contribution in [0.2, 0.25) is 10.0 Å². The first-order chi connectivity index (χ1) is 12.3. The van der Waals surface area contributed by atoms with Gasteiger partial charge < -0.3 is 15.4 Å². The molecule has 6 nitrogen and oxygen atoms in total. The molecule has 0 aliphatic heterocycles. The number of hydrogen-bond donors (Lipinski definition) is 2. The SMILES string of the molecule is CC(=O)Nc1cccc(C(=O)O[C@H](C)C(=O)Nc2ccc(Cl)cc2Cl)c1. The number of carbonyl (C=O) groups is 3. The number of ether oxygens (including phenoxy) is 1. The predicted octanol–water partition coefficient (Wildman–Crippen LogP) is 4.14. The van der Waals surface area contributed by atoms with Gasteiger partial charge in [0.05, 0.1) is 16.3 Å². The topological polar surface area (TPSA) is 84.5 Å². The Hall–Kier alpha value is -2.57. The maximum absolute atomic E-state index is 12.2. The van der Waals surface area contributed by atoms with E-state index in [1.807, 2.05) is 0 Å². The average Bonchev–Trinajstić information content (AvgIpc) is 2.56. The van der Waals surface area contributed by atoms with Crippen molar-refractivity contribution in [3.05, 3.63) is 58.1 Å². The third-order valence-corrected chi connectivity index (χ3v) is 3.81. The van der Waals surface area contributed by atoms with E-state index in [-0.39, 0.29) is 16.5 Å². The average molecular weight is 395 g/mol. The number of hydrogen-bond acceptors (Lipinski definition) is 4. The Kier molecular flexibility index (Phi) is 6.60. The van der Waals surface area contributed by atoms with Crippen molar-refractivity contribution in [3.63, 3.8) is 0 Å². The van der Waals surface area contributed by atoms with Gasteiger partial charge in [-0.2, -0.15) is 0 Å². The van der Waals surface area contributed by atoms with E-state index >= 15 is 0 Å². The van der Waals surface area contributed by atoms with Crippen LogP contribution in [-0.2, 0) is 14.3 Å². The fourth-order valence-corrected chi connectivity index (χ4v) is 2.49. The van der Waals surface area contributed by atoms with Crippen molar-refractivity contribution >= 4 is 52.4 Å². The van der Waals surface area contributed by atoms with E-state index in [2.05, 4.69) is 10.6 Å². The number of nitrogens with one attached hydrogen (secondary N) is 2. The van der Waals surface area contributed by atoms with Crippen LogP contribution in [0, 0.1) is 0 Å². The fraction of sp³-hybridized carbons (Fsp3) is 0.167. The van der Waals surface area contributed by atoms with Gasteiger partial charge in [-0.05, 0) is 43.3 Å². The van der Waals surface area contributed by atoms with Gasteiger partial charge in [-0.15, -0.1) is 0 Å². The largest absolute Gasteiger partial charge is 0.449 e. The van der Waals surface area contributed by atoms with Crippen LogP contribution in [0.3, 0.4) is 0 Å². The number of benzene rings is 2. The van der Waals surface area contributed by atoms with Crippen LogP contribution < -0.4 is 10.6 Å². The Balaban J connectivity index is 2.01. The zero-order valence-electron chi connectivity index (χ0n) is 14.0. The van der Waals surface area contributed by atoms with Crippen LogP contribution in [-0.4, -0.2) is 23.9 Å². The Morgan fingerprint density at radius 1 is 1.04 bits per heavy atom. The molecule has 2 amide bonds. The van der Waals surface area contributed by atoms with E-state index < -0.39 is 18.0 Å². The molecule has 0 unspecified atom stereocenters. The summed E-state index contributed by atoms with van der Waals surface area (Å²) in [6.45, 7) is 2.80. The molecular weight excluding hydrogens is 379 g/mol. The Bertz CT molecular complexity index is 855. The molecule has 0 bridgehead atoms. The van der Waals surface area contributed by atoms with Gasteiger partial charge in [0, 0.05) is 17.6 Å². The molecule has 0 aliphatic carbocycles. The number of anilines is 2. The zero-order chi connectivity index (χ0) is 19.3. The standard InChI is InChI=1S/C18H16Cl2N2O4/c1-10(17(24)22-16-7-6-13(19)9-15(16)20)26-18(25)12-4-3-5-14(8-12)21-11(2)23/h3-10H,1-2H3,(H,21,23)(H,22,24)/t10-/m1/s1. The second-order valence-electron chi connectivity index (χ2n) is 5.42. The van der Waals surface area contributed by atoms with E-state index in [0.29, 0.717) is 16.4 Å². The first kappa shape index (κ1) is 19.8. The lowest BCUT2D eigenvalue weighted by Gasteiger charge is -2.14. The van der Waals surface area contributed by atoms with Gasteiger partial charge in [0.1, 0.15) is 0 Å². The summed E-state index contributed by atoms with van der Waals surface area (Å²) in [4.78, 5) is 35.5. The molecule has 0 saturated carbocycles. The molecule has 136 valence electrons. The van der Waals surface area contributed by atoms with Gasteiger partial charge in [0.2, 0.25) is 5.91 Å². The van der Waals surface area contributed by atoms with Crippen LogP contribution in [0.15, 0.2) is 42.5 Å². The molecule has 2 aromatic carbocycles. The number of halogens is 2. The molecule has 0 aromatic heterocycles. The lowest BCUT2D eigenvalue weighted by Crippen LogP contribution is -2.30. The van der Waals surface area contributed by atoms with Crippen LogP contribution in [0.4, 0.5) is 11.4 Å². The van der Waals surface area contributed by atoms with Crippen molar-refractivity contribution in [2.75, 3.05) is 10.6 Å². The first-order valence-electron chi connectivity index (χ1n) is 7.61. The molecule has 0 radical (unpaired) electrons. The van der Waals surface area contributed by atoms with Crippen LogP contribution in [0.1, 0.15) is 24.2 Å². The smallest absolute Gasteiger partial charge is 0.338 e. The number of esters is 1. The molecule has 26 heavy (non-hydrogen) atoms. The maximum atomic E-state index is 12.2. The van der Waals surface area contributed by atoms with Gasteiger partial charge >= 0.3 is 5.97 Å². The highest BCUT2D eigenvalue weighted by Gasteiger charge is 2.20. The van der Waals surface area contributed by atoms with E-state index in [1.165, 1.54) is 32.0 Å². The van der Waals surface area contributed by atoms with Crippen LogP contribution in [0.25, 0.3) is 0 Å². The number of carbonyl (C=O) groups excluding carboxylic acids is 3. The third-order valence-electron chi connectivity index (χ3n) is 3.26. The highest BCUT2D eigenvalue weighted by Crippen LogP contribution is 2.25. The van der Waals surface area contributed by atoms with Gasteiger partial charge in [-0.3, -0.25) is 9.59 Å². The lowest BCUT2D eigenvalue weighted by atomic mass is 10.2. The predicted molar refractivity (Wildman–Crippen MR) is 101 cm³/mol. The molecule has 2 rings (SSSR count). The van der Waals surface area contributed by atoms with Crippen molar-refractivity contribution in [3.8, 4) is 0 Å². The monoisotopic (exact) mass is 394 g/mol. The van der Waals surface area contributed by atoms with Crippen molar-refractivity contribution in [1.29, 1.82) is 0 Å². The second-order valence-corrected chi connectivity index (χ2v) is 6.27. The second kappa shape index (κ2) is 8.69. The summed E-state index contributed by atoms with van der Waals surface area (Å²) in [6, 6.07) is 10.8. The molecule has 0 heterocycles. The quantitative estimate of drug-likeness (QED) is 0.746. The summed E-state index contributed by atoms with van der Waals surface area (Å²) in [7, 11) is 0. The van der Waals surface area contributed by atoms with Crippen LogP contribution >= 0.6 is 23.2 Å². The highest BCUT2D eigenvalue weighted by molar-refractivity contribution is 6.36. The van der Waals surface area contributed by atoms with Crippen molar-refractivity contribution in [2.24, 2.45) is 0 Å². The van der Waals surface area contributed by atoms with Crippen molar-refractivity contribution < 1.29 is 19.1 Å². The summed E-state index contributed by atoms with van der Waals surface area (Å²) in [5.41, 5.74) is 1.02.